The van der Waals surface area contributed by atoms with Gasteiger partial charge in [-0.15, -0.1) is 0 Å². The summed E-state index contributed by atoms with van der Waals surface area (Å²) in [6.07, 6.45) is 0.567. The van der Waals surface area contributed by atoms with Crippen LogP contribution in [0, 0.1) is 0 Å². The average Bonchev–Trinajstić information content (AvgIpc) is 3.19. The van der Waals surface area contributed by atoms with Crippen LogP contribution in [0.15, 0.2) is 78.9 Å². The number of fused-ring (bicyclic) bond motifs is 1. The Kier molecular flexibility index (Phi) is 7.00. The normalized spacial score (nSPS) is 14.4. The first-order valence-corrected chi connectivity index (χ1v) is 12.8. The summed E-state index contributed by atoms with van der Waals surface area (Å²) in [7, 11) is -3.42. The molecule has 3 aromatic carbocycles. The molecule has 176 valence electrons. The lowest BCUT2D eigenvalue weighted by molar-refractivity contribution is -0.110. The Balaban J connectivity index is 1.72. The maximum absolute atomic E-state index is 12.9. The van der Waals surface area contributed by atoms with E-state index >= 15 is 0 Å². The van der Waals surface area contributed by atoms with Gasteiger partial charge in [0.15, 0.2) is 0 Å². The molecule has 1 aliphatic heterocycles. The monoisotopic (exact) mass is 476 g/mol. The molecular weight excluding hydrogens is 448 g/mol. The summed E-state index contributed by atoms with van der Waals surface area (Å²) in [6.45, 7) is 2.37. The van der Waals surface area contributed by atoms with Crippen molar-refractivity contribution in [3.63, 3.8) is 0 Å². The number of rotatable bonds is 9. The second-order valence-corrected chi connectivity index (χ2v) is 10.1. The number of hydrogen-bond donors (Lipinski definition) is 3. The minimum Gasteiger partial charge on any atom is -0.354 e. The maximum Gasteiger partial charge on any atom is 0.258 e. The van der Waals surface area contributed by atoms with Crippen molar-refractivity contribution in [1.29, 1.82) is 0 Å². The van der Waals surface area contributed by atoms with Crippen molar-refractivity contribution in [3.8, 4) is 0 Å². The standard InChI is InChI=1S/C26H28N4O3S/c1-2-34(32,33)30(18-8-17-27)21-15-13-20(14-16-21)28-25(19-9-4-3-5-10-19)24-22-11-6-7-12-23(22)29-26(24)31/h3-7,9-16,28H,2,8,17-18,27H2,1H3,(H,29,31). The lowest BCUT2D eigenvalue weighted by Gasteiger charge is -2.24. The Morgan fingerprint density at radius 2 is 1.65 bits per heavy atom. The summed E-state index contributed by atoms with van der Waals surface area (Å²) in [5.74, 6) is -0.165. The smallest absolute Gasteiger partial charge is 0.258 e. The largest absolute Gasteiger partial charge is 0.354 e. The molecule has 0 saturated carbocycles. The van der Waals surface area contributed by atoms with Gasteiger partial charge in [0.2, 0.25) is 10.0 Å². The van der Waals surface area contributed by atoms with Crippen LogP contribution < -0.4 is 20.7 Å². The number of anilines is 3. The molecule has 0 radical (unpaired) electrons. The minimum absolute atomic E-state index is 0.0103. The average molecular weight is 477 g/mol. The molecule has 0 atom stereocenters. The molecular formula is C26H28N4O3S. The van der Waals surface area contributed by atoms with Crippen molar-refractivity contribution in [3.05, 3.63) is 90.0 Å². The van der Waals surface area contributed by atoms with E-state index in [1.807, 2.05) is 66.7 Å². The molecule has 0 unspecified atom stereocenters. The van der Waals surface area contributed by atoms with Gasteiger partial charge in [-0.05, 0) is 55.8 Å². The Bertz CT molecular complexity index is 1300. The highest BCUT2D eigenvalue weighted by Crippen LogP contribution is 2.37. The van der Waals surface area contributed by atoms with E-state index in [9.17, 15) is 13.2 Å². The second-order valence-electron chi connectivity index (χ2n) is 7.90. The zero-order valence-electron chi connectivity index (χ0n) is 19.0. The van der Waals surface area contributed by atoms with Gasteiger partial charge in [0.1, 0.15) is 0 Å². The van der Waals surface area contributed by atoms with Gasteiger partial charge in [0, 0.05) is 23.5 Å². The molecule has 7 nitrogen and oxygen atoms in total. The van der Waals surface area contributed by atoms with Gasteiger partial charge in [0.25, 0.3) is 5.91 Å². The van der Waals surface area contributed by atoms with Crippen molar-refractivity contribution in [2.45, 2.75) is 13.3 Å². The molecule has 1 aliphatic rings. The van der Waals surface area contributed by atoms with E-state index in [1.165, 1.54) is 4.31 Å². The molecule has 8 heteroatoms. The van der Waals surface area contributed by atoms with Crippen molar-refractivity contribution >= 4 is 44.3 Å². The van der Waals surface area contributed by atoms with Crippen LogP contribution in [0.2, 0.25) is 0 Å². The number of sulfonamides is 1. The van der Waals surface area contributed by atoms with E-state index < -0.39 is 10.0 Å². The van der Waals surface area contributed by atoms with Crippen LogP contribution in [0.25, 0.3) is 11.3 Å². The molecule has 0 bridgehead atoms. The lowest BCUT2D eigenvalue weighted by Crippen LogP contribution is -2.34. The van der Waals surface area contributed by atoms with Gasteiger partial charge in [-0.2, -0.15) is 0 Å². The van der Waals surface area contributed by atoms with E-state index in [0.29, 0.717) is 36.5 Å². The molecule has 0 saturated heterocycles. The fraction of sp³-hybridized carbons (Fsp3) is 0.192. The summed E-state index contributed by atoms with van der Waals surface area (Å²) < 4.78 is 26.6. The number of carbonyl (C=O) groups excluding carboxylic acids is 1. The third-order valence-corrected chi connectivity index (χ3v) is 7.47. The van der Waals surface area contributed by atoms with Crippen LogP contribution >= 0.6 is 0 Å². The van der Waals surface area contributed by atoms with Gasteiger partial charge in [0.05, 0.1) is 22.7 Å². The van der Waals surface area contributed by atoms with E-state index in [4.69, 9.17) is 5.73 Å². The summed E-state index contributed by atoms with van der Waals surface area (Å²) >= 11 is 0. The molecule has 0 spiro atoms. The number of benzene rings is 3. The number of hydrogen-bond acceptors (Lipinski definition) is 5. The highest BCUT2D eigenvalue weighted by atomic mass is 32.2. The number of nitrogens with two attached hydrogens (primary N) is 1. The highest BCUT2D eigenvalue weighted by molar-refractivity contribution is 7.92. The molecule has 34 heavy (non-hydrogen) atoms. The molecule has 4 rings (SSSR count). The molecule has 1 amide bonds. The number of nitrogens with zero attached hydrogens (tertiary/aromatic N) is 1. The zero-order chi connectivity index (χ0) is 24.1. The summed E-state index contributed by atoms with van der Waals surface area (Å²) in [6, 6.07) is 24.4. The van der Waals surface area contributed by atoms with E-state index in [-0.39, 0.29) is 11.7 Å². The summed E-state index contributed by atoms with van der Waals surface area (Å²) in [4.78, 5) is 12.9. The lowest BCUT2D eigenvalue weighted by atomic mass is 10.00. The first-order valence-electron chi connectivity index (χ1n) is 11.2. The fourth-order valence-corrected chi connectivity index (χ4v) is 5.09. The molecule has 3 aromatic rings. The van der Waals surface area contributed by atoms with Gasteiger partial charge < -0.3 is 16.4 Å². The predicted molar refractivity (Wildman–Crippen MR) is 139 cm³/mol. The van der Waals surface area contributed by atoms with Crippen LogP contribution in [0.1, 0.15) is 24.5 Å². The third kappa shape index (κ3) is 4.83. The second kappa shape index (κ2) is 10.1. The number of amides is 1. The first-order chi connectivity index (χ1) is 16.4. The summed E-state index contributed by atoms with van der Waals surface area (Å²) in [5, 5.41) is 6.33. The Hall–Kier alpha value is -3.62. The number of para-hydroxylation sites is 1. The van der Waals surface area contributed by atoms with Gasteiger partial charge in [-0.3, -0.25) is 9.10 Å². The molecule has 0 aliphatic carbocycles. The van der Waals surface area contributed by atoms with Gasteiger partial charge in [-0.25, -0.2) is 8.42 Å². The van der Waals surface area contributed by atoms with Crippen LogP contribution in [-0.2, 0) is 14.8 Å². The van der Waals surface area contributed by atoms with E-state index in [1.54, 1.807) is 19.1 Å². The van der Waals surface area contributed by atoms with Crippen molar-refractivity contribution in [2.24, 2.45) is 5.73 Å². The third-order valence-electron chi connectivity index (χ3n) is 5.67. The van der Waals surface area contributed by atoms with Gasteiger partial charge >= 0.3 is 0 Å². The Labute approximate surface area is 200 Å². The molecule has 0 fully saturated rings. The minimum atomic E-state index is -3.42. The predicted octanol–water partition coefficient (Wildman–Crippen LogP) is 4.12. The van der Waals surface area contributed by atoms with E-state index in [0.717, 1.165) is 22.5 Å². The molecule has 4 N–H and O–H groups in total. The summed E-state index contributed by atoms with van der Waals surface area (Å²) in [5.41, 5.74) is 10.6. The van der Waals surface area contributed by atoms with Crippen LogP contribution in [0.3, 0.4) is 0 Å². The fourth-order valence-electron chi connectivity index (χ4n) is 3.92. The molecule has 0 aromatic heterocycles. The van der Waals surface area contributed by atoms with Crippen LogP contribution in [-0.4, -0.2) is 33.2 Å². The van der Waals surface area contributed by atoms with Gasteiger partial charge in [-0.1, -0.05) is 48.5 Å². The van der Waals surface area contributed by atoms with Crippen LogP contribution in [0.4, 0.5) is 17.1 Å². The van der Waals surface area contributed by atoms with Crippen molar-refractivity contribution in [2.75, 3.05) is 33.8 Å². The Morgan fingerprint density at radius 3 is 2.32 bits per heavy atom. The molecule has 1 heterocycles. The van der Waals surface area contributed by atoms with Crippen LogP contribution in [0.5, 0.6) is 0 Å². The number of nitrogens with one attached hydrogen (secondary N) is 2. The maximum atomic E-state index is 12.9. The highest BCUT2D eigenvalue weighted by Gasteiger charge is 2.28. The zero-order valence-corrected chi connectivity index (χ0v) is 19.8. The number of carbonyl (C=O) groups is 1. The van der Waals surface area contributed by atoms with Crippen molar-refractivity contribution in [1.82, 2.24) is 0 Å². The quantitative estimate of drug-likeness (QED) is 0.403. The van der Waals surface area contributed by atoms with E-state index in [2.05, 4.69) is 10.6 Å². The SMILES string of the molecule is CCS(=O)(=O)N(CCCN)c1ccc(NC(=C2C(=O)Nc3ccccc32)c2ccccc2)cc1. The van der Waals surface area contributed by atoms with Crippen molar-refractivity contribution < 1.29 is 13.2 Å². The Morgan fingerprint density at radius 1 is 0.971 bits per heavy atom. The topological polar surface area (TPSA) is 105 Å². The first kappa shape index (κ1) is 23.5.